The zero-order valence-electron chi connectivity index (χ0n) is 11.4. The second-order valence-electron chi connectivity index (χ2n) is 6.04. The first-order valence-corrected chi connectivity index (χ1v) is 7.26. The number of ether oxygens (including phenoxy) is 1. The lowest BCUT2D eigenvalue weighted by Gasteiger charge is -2.41. The lowest BCUT2D eigenvalue weighted by Crippen LogP contribution is -2.50. The fraction of sp³-hybridized carbons (Fsp3) is 1.00. The van der Waals surface area contributed by atoms with Crippen molar-refractivity contribution in [3.63, 3.8) is 0 Å². The van der Waals surface area contributed by atoms with Crippen LogP contribution in [-0.4, -0.2) is 43.3 Å². The third-order valence-corrected chi connectivity index (χ3v) is 4.63. The van der Waals surface area contributed by atoms with Crippen molar-refractivity contribution in [2.75, 3.05) is 26.2 Å². The molecule has 0 aromatic carbocycles. The third-order valence-electron chi connectivity index (χ3n) is 4.63. The molecule has 0 aromatic rings. The molecule has 0 bridgehead atoms. The molecule has 1 atom stereocenters. The van der Waals surface area contributed by atoms with Gasteiger partial charge in [-0.2, -0.15) is 0 Å². The number of hydrogen-bond acceptors (Lipinski definition) is 3. The molecule has 1 heterocycles. The van der Waals surface area contributed by atoms with Crippen LogP contribution in [0.5, 0.6) is 0 Å². The summed E-state index contributed by atoms with van der Waals surface area (Å²) in [7, 11) is 0. The second kappa shape index (κ2) is 6.17. The molecule has 0 spiro atoms. The maximum atomic E-state index is 5.71. The predicted octanol–water partition coefficient (Wildman–Crippen LogP) is 1.86. The van der Waals surface area contributed by atoms with Crippen LogP contribution in [0.2, 0.25) is 0 Å². The minimum absolute atomic E-state index is 0.270. The molecule has 2 rings (SSSR count). The van der Waals surface area contributed by atoms with Crippen LogP contribution in [0.1, 0.15) is 39.5 Å². The summed E-state index contributed by atoms with van der Waals surface area (Å²) in [6.45, 7) is 8.42. The fourth-order valence-electron chi connectivity index (χ4n) is 3.35. The topological polar surface area (TPSA) is 38.5 Å². The Labute approximate surface area is 106 Å². The Kier molecular flexibility index (Phi) is 4.83. The lowest BCUT2D eigenvalue weighted by atomic mass is 9.79. The first kappa shape index (κ1) is 13.3. The molecule has 0 aromatic heterocycles. The molecule has 0 amide bonds. The normalized spacial score (nSPS) is 36.4. The highest BCUT2D eigenvalue weighted by Crippen LogP contribution is 2.32. The van der Waals surface area contributed by atoms with Crippen molar-refractivity contribution in [3.8, 4) is 0 Å². The highest BCUT2D eigenvalue weighted by Gasteiger charge is 2.30. The van der Waals surface area contributed by atoms with Crippen LogP contribution in [0, 0.1) is 11.8 Å². The lowest BCUT2D eigenvalue weighted by molar-refractivity contribution is -0.0463. The molecule has 1 saturated heterocycles. The number of rotatable bonds is 3. The summed E-state index contributed by atoms with van der Waals surface area (Å²) in [5.74, 6) is 1.81. The molecule has 1 aliphatic carbocycles. The first-order valence-electron chi connectivity index (χ1n) is 7.26. The first-order chi connectivity index (χ1) is 8.20. The van der Waals surface area contributed by atoms with Gasteiger partial charge in [-0.25, -0.2) is 0 Å². The molecular weight excluding hydrogens is 212 g/mol. The zero-order chi connectivity index (χ0) is 12.3. The molecule has 17 heavy (non-hydrogen) atoms. The Balaban J connectivity index is 1.80. The number of morpholine rings is 1. The Morgan fingerprint density at radius 1 is 1.24 bits per heavy atom. The van der Waals surface area contributed by atoms with Crippen molar-refractivity contribution in [1.82, 2.24) is 4.90 Å². The van der Waals surface area contributed by atoms with Crippen molar-refractivity contribution in [2.24, 2.45) is 17.6 Å². The van der Waals surface area contributed by atoms with E-state index in [2.05, 4.69) is 18.7 Å². The molecule has 3 nitrogen and oxygen atoms in total. The molecule has 3 heteroatoms. The van der Waals surface area contributed by atoms with E-state index in [0.717, 1.165) is 37.6 Å². The second-order valence-corrected chi connectivity index (χ2v) is 6.04. The molecule has 2 fully saturated rings. The fourth-order valence-corrected chi connectivity index (χ4v) is 3.35. The highest BCUT2D eigenvalue weighted by molar-refractivity contribution is 4.84. The van der Waals surface area contributed by atoms with E-state index in [4.69, 9.17) is 10.5 Å². The summed E-state index contributed by atoms with van der Waals surface area (Å²) in [5.41, 5.74) is 5.71. The summed E-state index contributed by atoms with van der Waals surface area (Å²) < 4.78 is 5.64. The molecule has 100 valence electrons. The van der Waals surface area contributed by atoms with Gasteiger partial charge in [0.05, 0.1) is 12.7 Å². The summed E-state index contributed by atoms with van der Waals surface area (Å²) in [5, 5.41) is 0. The van der Waals surface area contributed by atoms with Crippen LogP contribution in [-0.2, 0) is 4.74 Å². The highest BCUT2D eigenvalue weighted by atomic mass is 16.5. The van der Waals surface area contributed by atoms with E-state index in [1.807, 2.05) is 0 Å². The Bertz CT molecular complexity index is 224. The summed E-state index contributed by atoms with van der Waals surface area (Å²) in [4.78, 5) is 2.62. The molecular formula is C14H28N2O. The molecule has 1 aliphatic heterocycles. The third kappa shape index (κ3) is 3.43. The summed E-state index contributed by atoms with van der Waals surface area (Å²) in [6, 6.07) is 0.794. The van der Waals surface area contributed by atoms with Gasteiger partial charge >= 0.3 is 0 Å². The average Bonchev–Trinajstić information content (AvgIpc) is 2.39. The predicted molar refractivity (Wildman–Crippen MR) is 71.0 cm³/mol. The van der Waals surface area contributed by atoms with Crippen molar-refractivity contribution in [1.29, 1.82) is 0 Å². The maximum Gasteiger partial charge on any atom is 0.0824 e. The Morgan fingerprint density at radius 3 is 2.53 bits per heavy atom. The molecule has 0 radical (unpaired) electrons. The number of nitrogens with zero attached hydrogens (tertiary/aromatic N) is 1. The van der Waals surface area contributed by atoms with E-state index in [9.17, 15) is 0 Å². The minimum atomic E-state index is 0.270. The maximum absolute atomic E-state index is 5.71. The van der Waals surface area contributed by atoms with E-state index in [1.54, 1.807) is 0 Å². The zero-order valence-corrected chi connectivity index (χ0v) is 11.4. The molecule has 2 aliphatic rings. The van der Waals surface area contributed by atoms with Crippen LogP contribution in [0.4, 0.5) is 0 Å². The minimum Gasteiger partial charge on any atom is -0.374 e. The quantitative estimate of drug-likeness (QED) is 0.818. The van der Waals surface area contributed by atoms with E-state index in [0.29, 0.717) is 6.54 Å². The Morgan fingerprint density at radius 2 is 1.94 bits per heavy atom. The van der Waals surface area contributed by atoms with E-state index in [1.165, 1.54) is 25.7 Å². The van der Waals surface area contributed by atoms with Gasteiger partial charge in [0, 0.05) is 25.7 Å². The van der Waals surface area contributed by atoms with Crippen LogP contribution in [0.15, 0.2) is 0 Å². The van der Waals surface area contributed by atoms with Gasteiger partial charge in [0.1, 0.15) is 0 Å². The summed E-state index contributed by atoms with van der Waals surface area (Å²) >= 11 is 0. The van der Waals surface area contributed by atoms with Gasteiger partial charge in [-0.1, -0.05) is 13.8 Å². The van der Waals surface area contributed by atoms with Gasteiger partial charge in [-0.3, -0.25) is 4.90 Å². The monoisotopic (exact) mass is 240 g/mol. The van der Waals surface area contributed by atoms with Crippen LogP contribution >= 0.6 is 0 Å². The SMILES string of the molecule is CC(C)C1CCC(N2CCOC(CN)C2)CC1. The van der Waals surface area contributed by atoms with Crippen LogP contribution < -0.4 is 5.73 Å². The van der Waals surface area contributed by atoms with Crippen molar-refractivity contribution in [2.45, 2.75) is 51.7 Å². The summed E-state index contributed by atoms with van der Waals surface area (Å²) in [6.07, 6.45) is 5.84. The van der Waals surface area contributed by atoms with Crippen molar-refractivity contribution < 1.29 is 4.74 Å². The van der Waals surface area contributed by atoms with E-state index in [-0.39, 0.29) is 6.10 Å². The van der Waals surface area contributed by atoms with Gasteiger partial charge < -0.3 is 10.5 Å². The Hall–Kier alpha value is -0.120. The van der Waals surface area contributed by atoms with Crippen molar-refractivity contribution in [3.05, 3.63) is 0 Å². The van der Waals surface area contributed by atoms with Crippen molar-refractivity contribution >= 4 is 0 Å². The smallest absolute Gasteiger partial charge is 0.0824 e. The van der Waals surface area contributed by atoms with Gasteiger partial charge in [-0.05, 0) is 37.5 Å². The van der Waals surface area contributed by atoms with Crippen LogP contribution in [0.25, 0.3) is 0 Å². The standard InChI is InChI=1S/C14H28N2O/c1-11(2)12-3-5-13(6-4-12)16-7-8-17-14(9-15)10-16/h11-14H,3-10,15H2,1-2H3. The van der Waals surface area contributed by atoms with Crippen LogP contribution in [0.3, 0.4) is 0 Å². The largest absolute Gasteiger partial charge is 0.374 e. The molecule has 1 unspecified atom stereocenters. The van der Waals surface area contributed by atoms with Gasteiger partial charge in [-0.15, -0.1) is 0 Å². The van der Waals surface area contributed by atoms with Gasteiger partial charge in [0.25, 0.3) is 0 Å². The number of nitrogens with two attached hydrogens (primary N) is 1. The molecule has 2 N–H and O–H groups in total. The van der Waals surface area contributed by atoms with E-state index < -0.39 is 0 Å². The van der Waals surface area contributed by atoms with Gasteiger partial charge in [0.2, 0.25) is 0 Å². The van der Waals surface area contributed by atoms with Gasteiger partial charge in [0.15, 0.2) is 0 Å². The average molecular weight is 240 g/mol. The number of hydrogen-bond donors (Lipinski definition) is 1. The van der Waals surface area contributed by atoms with E-state index >= 15 is 0 Å². The molecule has 1 saturated carbocycles.